The van der Waals surface area contributed by atoms with E-state index in [-0.39, 0.29) is 35.6 Å². The molecule has 298 valence electrons. The van der Waals surface area contributed by atoms with Gasteiger partial charge in [-0.2, -0.15) is 0 Å². The normalized spacial score (nSPS) is 15.1. The van der Waals surface area contributed by atoms with Gasteiger partial charge in [0.05, 0.1) is 25.8 Å². The molecule has 0 radical (unpaired) electrons. The monoisotopic (exact) mass is 780 g/mol. The van der Waals surface area contributed by atoms with Gasteiger partial charge in [-0.1, -0.05) is 152 Å². The third kappa shape index (κ3) is 12.5. The highest BCUT2D eigenvalue weighted by molar-refractivity contribution is 5.79. The van der Waals surface area contributed by atoms with Crippen LogP contribution in [0.1, 0.15) is 71.8 Å². The van der Waals surface area contributed by atoms with Crippen molar-refractivity contribution >= 4 is 11.8 Å². The number of nitrogens with zero attached hydrogens (tertiary/aromatic N) is 2. The number of rotatable bonds is 13. The van der Waals surface area contributed by atoms with E-state index in [2.05, 4.69) is 0 Å². The molecule has 3 atom stereocenters. The number of amides is 2. The van der Waals surface area contributed by atoms with Gasteiger partial charge in [0.2, 0.25) is 11.8 Å². The lowest BCUT2D eigenvalue weighted by Crippen LogP contribution is -2.35. The summed E-state index contributed by atoms with van der Waals surface area (Å²) in [7, 11) is 0. The van der Waals surface area contributed by atoms with Crippen LogP contribution in [0.25, 0.3) is 0 Å². The van der Waals surface area contributed by atoms with Crippen LogP contribution < -0.4 is 0 Å². The van der Waals surface area contributed by atoms with Gasteiger partial charge in [0.15, 0.2) is 0 Å². The number of hydrogen-bond acceptors (Lipinski definition) is 4. The zero-order valence-electron chi connectivity index (χ0n) is 32.6. The van der Waals surface area contributed by atoms with Crippen molar-refractivity contribution in [2.24, 2.45) is 0 Å². The maximum Gasteiger partial charge on any atom is 0.223 e. The molecule has 6 aromatic rings. The van der Waals surface area contributed by atoms with Crippen molar-refractivity contribution in [2.75, 3.05) is 19.6 Å². The third-order valence-corrected chi connectivity index (χ3v) is 10.1. The molecule has 2 aliphatic heterocycles. The smallest absolute Gasteiger partial charge is 0.223 e. The van der Waals surface area contributed by atoms with Gasteiger partial charge in [-0.05, 0) is 64.9 Å². The highest BCUT2D eigenvalue weighted by Gasteiger charge is 2.36. The molecule has 0 aromatic heterocycles. The van der Waals surface area contributed by atoms with Gasteiger partial charge in [-0.3, -0.25) is 9.59 Å². The maximum absolute atomic E-state index is 13.6. The molecule has 0 spiro atoms. The molecule has 2 fully saturated rings. The second-order valence-electron chi connectivity index (χ2n) is 14.2. The zero-order valence-corrected chi connectivity index (χ0v) is 32.6. The first kappa shape index (κ1) is 41.7. The molecule has 0 aliphatic carbocycles. The largest absolute Gasteiger partial charge is 0.367 e. The van der Waals surface area contributed by atoms with Crippen LogP contribution in [0.3, 0.4) is 0 Å². The summed E-state index contributed by atoms with van der Waals surface area (Å²) in [4.78, 5) is 28.3. The van der Waals surface area contributed by atoms with Crippen LogP contribution >= 0.6 is 0 Å². The Morgan fingerprint density at radius 2 is 0.931 bits per heavy atom. The van der Waals surface area contributed by atoms with E-state index in [4.69, 9.17) is 9.47 Å². The summed E-state index contributed by atoms with van der Waals surface area (Å²) in [5.74, 6) is -0.258. The van der Waals surface area contributed by atoms with Crippen LogP contribution in [0.2, 0.25) is 0 Å². The van der Waals surface area contributed by atoms with E-state index in [1.54, 1.807) is 24.3 Å². The molecule has 0 saturated carbocycles. The lowest BCUT2D eigenvalue weighted by molar-refractivity contribution is -0.134. The average Bonchev–Trinajstić information content (AvgIpc) is 3.90. The van der Waals surface area contributed by atoms with Gasteiger partial charge in [-0.25, -0.2) is 8.78 Å². The fourth-order valence-corrected chi connectivity index (χ4v) is 7.10. The predicted octanol–water partition coefficient (Wildman–Crippen LogP) is 10.8. The summed E-state index contributed by atoms with van der Waals surface area (Å²) >= 11 is 0. The second kappa shape index (κ2) is 22.1. The number of carbonyl (C=O) groups is 2. The van der Waals surface area contributed by atoms with Crippen molar-refractivity contribution in [2.45, 2.75) is 57.1 Å². The number of carbonyl (C=O) groups excluding carboxylic acids is 2. The van der Waals surface area contributed by atoms with E-state index in [0.717, 1.165) is 47.2 Å². The molecular weight excluding hydrogens is 731 g/mol. The minimum Gasteiger partial charge on any atom is -0.367 e. The first-order valence-corrected chi connectivity index (χ1v) is 19.9. The molecule has 0 N–H and O–H groups in total. The number of hydrogen-bond donors (Lipinski definition) is 0. The Balaban J connectivity index is 0.000000174. The summed E-state index contributed by atoms with van der Waals surface area (Å²) in [5.41, 5.74) is 4.90. The SMILES string of the molecule is O=C1CCCN1C(c1ccccc1)[C@@H](OCc1ccccc1)c1ccc(F)cc1.O=C1CCCN1CC(OCc1ccccc1)c1ccc(F)cc1.c1ccccc1. The Bertz CT molecular complexity index is 2060. The summed E-state index contributed by atoms with van der Waals surface area (Å²) in [6.07, 6.45) is 2.25. The van der Waals surface area contributed by atoms with Crippen LogP contribution in [0, 0.1) is 11.6 Å². The third-order valence-electron chi connectivity index (χ3n) is 10.1. The zero-order chi connectivity index (χ0) is 40.4. The van der Waals surface area contributed by atoms with E-state index in [0.29, 0.717) is 39.1 Å². The molecule has 2 amide bonds. The Morgan fingerprint density at radius 1 is 0.483 bits per heavy atom. The van der Waals surface area contributed by atoms with Crippen molar-refractivity contribution in [1.29, 1.82) is 0 Å². The van der Waals surface area contributed by atoms with Gasteiger partial charge in [0.1, 0.15) is 23.8 Å². The highest BCUT2D eigenvalue weighted by Crippen LogP contribution is 2.40. The van der Waals surface area contributed by atoms with Crippen molar-refractivity contribution in [3.05, 3.63) is 215 Å². The number of likely N-dealkylation sites (tertiary alicyclic amines) is 2. The van der Waals surface area contributed by atoms with E-state index >= 15 is 0 Å². The minimum absolute atomic E-state index is 0.134. The number of benzene rings is 6. The van der Waals surface area contributed by atoms with Crippen LogP contribution in [0.4, 0.5) is 8.78 Å². The average molecular weight is 781 g/mol. The van der Waals surface area contributed by atoms with E-state index < -0.39 is 6.10 Å². The lowest BCUT2D eigenvalue weighted by atomic mass is 9.94. The summed E-state index contributed by atoms with van der Waals surface area (Å²) < 4.78 is 39.2. The van der Waals surface area contributed by atoms with Crippen molar-refractivity contribution in [1.82, 2.24) is 9.80 Å². The fourth-order valence-electron chi connectivity index (χ4n) is 7.10. The maximum atomic E-state index is 13.6. The molecule has 6 nitrogen and oxygen atoms in total. The lowest BCUT2D eigenvalue weighted by Gasteiger charge is -2.35. The second-order valence-corrected chi connectivity index (χ2v) is 14.2. The van der Waals surface area contributed by atoms with Crippen molar-refractivity contribution in [3.8, 4) is 0 Å². The molecule has 2 unspecified atom stereocenters. The van der Waals surface area contributed by atoms with Crippen LogP contribution in [-0.2, 0) is 32.3 Å². The molecule has 2 saturated heterocycles. The van der Waals surface area contributed by atoms with Gasteiger partial charge in [0, 0.05) is 25.9 Å². The molecule has 6 aromatic carbocycles. The van der Waals surface area contributed by atoms with E-state index in [9.17, 15) is 18.4 Å². The molecule has 58 heavy (non-hydrogen) atoms. The summed E-state index contributed by atoms with van der Waals surface area (Å²) in [6.45, 7) is 2.85. The number of halogens is 2. The molecule has 2 aliphatic rings. The molecule has 8 rings (SSSR count). The molecule has 0 bridgehead atoms. The van der Waals surface area contributed by atoms with Crippen LogP contribution in [0.5, 0.6) is 0 Å². The standard InChI is InChI=1S/C25H24FNO2.C19H20FNO2.C6H6/c26-22-15-13-21(14-16-22)25(29-18-19-8-3-1-4-9-19)24(20-10-5-2-6-11-20)27-17-7-12-23(27)28;20-17-10-8-16(9-11-17)18(13-21-12-4-7-19(21)22)23-14-15-5-2-1-3-6-15;1-2-4-6-5-3-1/h1-6,8-11,13-16,24-25H,7,12,17-18H2;1-3,5-6,8-11,18H,4,7,12-14H2;1-6H/t24?,25-;;/m0../s1. The first-order chi connectivity index (χ1) is 28.4. The van der Waals surface area contributed by atoms with Crippen LogP contribution in [-0.4, -0.2) is 41.2 Å². The van der Waals surface area contributed by atoms with E-state index in [1.165, 1.54) is 24.3 Å². The molecule has 8 heteroatoms. The molecule has 2 heterocycles. The van der Waals surface area contributed by atoms with Crippen molar-refractivity contribution < 1.29 is 27.8 Å². The quantitative estimate of drug-likeness (QED) is 0.117. The van der Waals surface area contributed by atoms with Crippen LogP contribution in [0.15, 0.2) is 176 Å². The highest BCUT2D eigenvalue weighted by atomic mass is 19.1. The Morgan fingerprint density at radius 3 is 1.41 bits per heavy atom. The summed E-state index contributed by atoms with van der Waals surface area (Å²) in [6, 6.07) is 54.3. The Kier molecular flexibility index (Phi) is 15.9. The topological polar surface area (TPSA) is 59.1 Å². The predicted molar refractivity (Wildman–Crippen MR) is 223 cm³/mol. The van der Waals surface area contributed by atoms with Gasteiger partial charge in [0.25, 0.3) is 0 Å². The Labute approximate surface area is 340 Å². The minimum atomic E-state index is -0.403. The van der Waals surface area contributed by atoms with E-state index in [1.807, 2.05) is 137 Å². The Hall–Kier alpha value is -5.96. The van der Waals surface area contributed by atoms with Gasteiger partial charge >= 0.3 is 0 Å². The summed E-state index contributed by atoms with van der Waals surface area (Å²) in [5, 5.41) is 0. The van der Waals surface area contributed by atoms with Crippen molar-refractivity contribution in [3.63, 3.8) is 0 Å². The number of ether oxygens (including phenoxy) is 2. The first-order valence-electron chi connectivity index (χ1n) is 19.9. The van der Waals surface area contributed by atoms with Gasteiger partial charge in [-0.15, -0.1) is 0 Å². The van der Waals surface area contributed by atoms with Gasteiger partial charge < -0.3 is 19.3 Å². The molecular formula is C50H50F2N2O4. The fraction of sp³-hybridized carbons (Fsp3) is 0.240.